The van der Waals surface area contributed by atoms with Crippen LogP contribution < -0.4 is 10.1 Å². The summed E-state index contributed by atoms with van der Waals surface area (Å²) in [4.78, 5) is 32.3. The quantitative estimate of drug-likeness (QED) is 0.641. The second-order valence-electron chi connectivity index (χ2n) is 9.25. The Morgan fingerprint density at radius 2 is 1.85 bits per heavy atom. The molecule has 3 heterocycles. The number of fused-ring (bicyclic) bond motifs is 1. The van der Waals surface area contributed by atoms with Gasteiger partial charge in [-0.1, -0.05) is 26.0 Å². The minimum Gasteiger partial charge on any atom is -0.466 e. The standard InChI is InChI=1S/C25H31N5O3/c1-15-10-16(2)13-30(12-15)25(32)19-8-6-7-9-20(19)27-21(31)14-33-24-22-17(3)11-18(4)26-23(22)29(5)28-24/h6-9,11,15-16H,10,12-14H2,1-5H3,(H,27,31)/t15-,16-/m0/s1. The third-order valence-electron chi connectivity index (χ3n) is 6.01. The first-order valence-corrected chi connectivity index (χ1v) is 11.3. The Kier molecular flexibility index (Phi) is 6.35. The molecule has 0 unspecified atom stereocenters. The average Bonchev–Trinajstić information content (AvgIpc) is 3.07. The van der Waals surface area contributed by atoms with Crippen molar-refractivity contribution >= 4 is 28.5 Å². The van der Waals surface area contributed by atoms with Gasteiger partial charge >= 0.3 is 0 Å². The molecule has 0 aliphatic carbocycles. The van der Waals surface area contributed by atoms with Gasteiger partial charge < -0.3 is 15.0 Å². The van der Waals surface area contributed by atoms with Crippen molar-refractivity contribution in [2.75, 3.05) is 25.0 Å². The minimum absolute atomic E-state index is 0.0574. The molecule has 1 aliphatic heterocycles. The minimum atomic E-state index is -0.354. The summed E-state index contributed by atoms with van der Waals surface area (Å²) in [5.74, 6) is 0.879. The number of hydrogen-bond acceptors (Lipinski definition) is 5. The van der Waals surface area contributed by atoms with Crippen LogP contribution in [0.3, 0.4) is 0 Å². The fourth-order valence-corrected chi connectivity index (χ4v) is 4.75. The van der Waals surface area contributed by atoms with Crippen LogP contribution >= 0.6 is 0 Å². The molecule has 8 heteroatoms. The van der Waals surface area contributed by atoms with Crippen molar-refractivity contribution < 1.29 is 14.3 Å². The predicted octanol–water partition coefficient (Wildman–Crippen LogP) is 3.72. The lowest BCUT2D eigenvalue weighted by molar-refractivity contribution is -0.118. The van der Waals surface area contributed by atoms with Gasteiger partial charge in [-0.05, 0) is 55.9 Å². The smallest absolute Gasteiger partial charge is 0.262 e. The van der Waals surface area contributed by atoms with E-state index in [1.165, 1.54) is 0 Å². The van der Waals surface area contributed by atoms with Gasteiger partial charge in [0.05, 0.1) is 16.6 Å². The number of amides is 2. The summed E-state index contributed by atoms with van der Waals surface area (Å²) in [6.45, 7) is 9.47. The maximum atomic E-state index is 13.2. The van der Waals surface area contributed by atoms with Crippen molar-refractivity contribution in [2.45, 2.75) is 34.1 Å². The van der Waals surface area contributed by atoms with Gasteiger partial charge in [-0.2, -0.15) is 0 Å². The molecule has 0 saturated carbocycles. The van der Waals surface area contributed by atoms with Crippen LogP contribution in [0.1, 0.15) is 41.9 Å². The van der Waals surface area contributed by atoms with Gasteiger partial charge in [-0.3, -0.25) is 9.59 Å². The predicted molar refractivity (Wildman–Crippen MR) is 127 cm³/mol. The monoisotopic (exact) mass is 449 g/mol. The third-order valence-corrected chi connectivity index (χ3v) is 6.01. The Bertz CT molecular complexity index is 1190. The number of anilines is 1. The zero-order chi connectivity index (χ0) is 23.7. The second kappa shape index (κ2) is 9.21. The van der Waals surface area contributed by atoms with E-state index in [0.717, 1.165) is 36.2 Å². The Morgan fingerprint density at radius 3 is 2.58 bits per heavy atom. The molecule has 2 aromatic heterocycles. The number of nitrogens with zero attached hydrogens (tertiary/aromatic N) is 4. The van der Waals surface area contributed by atoms with E-state index >= 15 is 0 Å². The summed E-state index contributed by atoms with van der Waals surface area (Å²) < 4.78 is 7.41. The molecule has 0 radical (unpaired) electrons. The first-order chi connectivity index (χ1) is 15.7. The summed E-state index contributed by atoms with van der Waals surface area (Å²) in [7, 11) is 1.80. The normalized spacial score (nSPS) is 18.4. The van der Waals surface area contributed by atoms with Crippen LogP contribution in [0.2, 0.25) is 0 Å². The number of pyridine rings is 1. The molecular formula is C25H31N5O3. The van der Waals surface area contributed by atoms with E-state index in [0.29, 0.717) is 34.6 Å². The molecule has 33 heavy (non-hydrogen) atoms. The van der Waals surface area contributed by atoms with E-state index in [2.05, 4.69) is 29.2 Å². The number of aromatic nitrogens is 3. The topological polar surface area (TPSA) is 89.4 Å². The third kappa shape index (κ3) is 4.84. The van der Waals surface area contributed by atoms with Crippen molar-refractivity contribution in [3.8, 4) is 5.88 Å². The molecule has 1 aromatic carbocycles. The fourth-order valence-electron chi connectivity index (χ4n) is 4.75. The number of hydrogen-bond donors (Lipinski definition) is 1. The summed E-state index contributed by atoms with van der Waals surface area (Å²) >= 11 is 0. The van der Waals surface area contributed by atoms with Gasteiger partial charge in [-0.15, -0.1) is 5.10 Å². The zero-order valence-corrected chi connectivity index (χ0v) is 19.9. The molecule has 1 N–H and O–H groups in total. The first kappa shape index (κ1) is 22.8. The van der Waals surface area contributed by atoms with Crippen molar-refractivity contribution in [3.05, 3.63) is 47.2 Å². The number of piperidine rings is 1. The maximum Gasteiger partial charge on any atom is 0.262 e. The number of benzene rings is 1. The van der Waals surface area contributed by atoms with Crippen molar-refractivity contribution in [1.82, 2.24) is 19.7 Å². The molecular weight excluding hydrogens is 418 g/mol. The molecule has 1 saturated heterocycles. The van der Waals surface area contributed by atoms with Crippen molar-refractivity contribution in [3.63, 3.8) is 0 Å². The average molecular weight is 450 g/mol. The van der Waals surface area contributed by atoms with Crippen LogP contribution in [0, 0.1) is 25.7 Å². The molecule has 2 atom stereocenters. The molecule has 8 nitrogen and oxygen atoms in total. The van der Waals surface area contributed by atoms with Crippen LogP contribution in [0.4, 0.5) is 5.69 Å². The molecule has 1 aliphatic rings. The lowest BCUT2D eigenvalue weighted by atomic mass is 9.91. The molecule has 2 amide bonds. The largest absolute Gasteiger partial charge is 0.466 e. The summed E-state index contributed by atoms with van der Waals surface area (Å²) in [5.41, 5.74) is 3.57. The van der Waals surface area contributed by atoms with Crippen LogP contribution in [-0.2, 0) is 11.8 Å². The molecule has 174 valence electrons. The summed E-state index contributed by atoms with van der Waals surface area (Å²) in [5, 5.41) is 8.01. The highest BCUT2D eigenvalue weighted by atomic mass is 16.5. The van der Waals surface area contributed by atoms with E-state index in [-0.39, 0.29) is 18.4 Å². The Balaban J connectivity index is 1.47. The maximum absolute atomic E-state index is 13.2. The molecule has 1 fully saturated rings. The SMILES string of the molecule is Cc1cc(C)c2c(OCC(=O)Nc3ccccc3C(=O)N3C[C@@H](C)C[C@H](C)C3)nn(C)c2n1. The zero-order valence-electron chi connectivity index (χ0n) is 19.9. The van der Waals surface area contributed by atoms with Crippen LogP contribution in [0.25, 0.3) is 11.0 Å². The van der Waals surface area contributed by atoms with Gasteiger partial charge in [0.25, 0.3) is 11.8 Å². The van der Waals surface area contributed by atoms with E-state index in [1.54, 1.807) is 29.9 Å². The van der Waals surface area contributed by atoms with Gasteiger partial charge in [0.15, 0.2) is 12.3 Å². The fraction of sp³-hybridized carbons (Fsp3) is 0.440. The molecule has 3 aromatic rings. The first-order valence-electron chi connectivity index (χ1n) is 11.3. The number of para-hydroxylation sites is 1. The molecule has 4 rings (SSSR count). The number of carbonyl (C=O) groups excluding carboxylic acids is 2. The van der Waals surface area contributed by atoms with E-state index < -0.39 is 0 Å². The Labute approximate surface area is 193 Å². The second-order valence-corrected chi connectivity index (χ2v) is 9.25. The number of rotatable bonds is 5. The molecule has 0 spiro atoms. The van der Waals surface area contributed by atoms with Gasteiger partial charge in [0, 0.05) is 25.8 Å². The number of ether oxygens (including phenoxy) is 1. The van der Waals surface area contributed by atoms with Crippen molar-refractivity contribution in [1.29, 1.82) is 0 Å². The summed E-state index contributed by atoms with van der Waals surface area (Å²) in [6, 6.07) is 9.08. The van der Waals surface area contributed by atoms with Crippen LogP contribution in [0.15, 0.2) is 30.3 Å². The van der Waals surface area contributed by atoms with E-state index in [1.807, 2.05) is 30.9 Å². The number of likely N-dealkylation sites (tertiary alicyclic amines) is 1. The molecule has 0 bridgehead atoms. The highest BCUT2D eigenvalue weighted by molar-refractivity contribution is 6.04. The van der Waals surface area contributed by atoms with Gasteiger partial charge in [-0.25, -0.2) is 9.67 Å². The lowest BCUT2D eigenvalue weighted by Gasteiger charge is -2.35. The lowest BCUT2D eigenvalue weighted by Crippen LogP contribution is -2.42. The van der Waals surface area contributed by atoms with Crippen LogP contribution in [-0.4, -0.2) is 51.2 Å². The van der Waals surface area contributed by atoms with E-state index in [9.17, 15) is 9.59 Å². The summed E-state index contributed by atoms with van der Waals surface area (Å²) in [6.07, 6.45) is 1.12. The number of aryl methyl sites for hydroxylation is 3. The highest BCUT2D eigenvalue weighted by Crippen LogP contribution is 2.28. The Morgan fingerprint density at radius 1 is 1.15 bits per heavy atom. The van der Waals surface area contributed by atoms with Gasteiger partial charge in [0.1, 0.15) is 0 Å². The highest BCUT2D eigenvalue weighted by Gasteiger charge is 2.27. The number of carbonyl (C=O) groups is 2. The van der Waals surface area contributed by atoms with E-state index in [4.69, 9.17) is 4.74 Å². The Hall–Kier alpha value is -3.42. The number of nitrogens with one attached hydrogen (secondary N) is 1. The van der Waals surface area contributed by atoms with Crippen molar-refractivity contribution in [2.24, 2.45) is 18.9 Å². The van der Waals surface area contributed by atoms with Crippen LogP contribution in [0.5, 0.6) is 5.88 Å². The van der Waals surface area contributed by atoms with Gasteiger partial charge in [0.2, 0.25) is 5.88 Å².